The third-order valence-corrected chi connectivity index (χ3v) is 6.20. The molecule has 1 amide bonds. The number of ether oxygens (including phenoxy) is 3. The van der Waals surface area contributed by atoms with Gasteiger partial charge in [0.25, 0.3) is 0 Å². The zero-order chi connectivity index (χ0) is 22.0. The van der Waals surface area contributed by atoms with Gasteiger partial charge in [0, 0.05) is 13.1 Å². The molecule has 0 N–H and O–H groups in total. The van der Waals surface area contributed by atoms with Crippen LogP contribution in [0.5, 0.6) is 17.2 Å². The lowest BCUT2D eigenvalue weighted by Crippen LogP contribution is -2.51. The van der Waals surface area contributed by atoms with Crippen molar-refractivity contribution in [1.29, 1.82) is 0 Å². The SMILES string of the molecule is CN(C(=O)Oc1ccccc1)C1(c2nnnn2-c2ccc3c(c2)OCCO3)CCCCC1. The molecule has 9 heteroatoms. The number of amides is 1. The molecule has 0 saturated heterocycles. The molecule has 0 spiro atoms. The second-order valence-electron chi connectivity index (χ2n) is 8.07. The van der Waals surface area contributed by atoms with Crippen molar-refractivity contribution in [3.63, 3.8) is 0 Å². The van der Waals surface area contributed by atoms with Gasteiger partial charge in [0.2, 0.25) is 0 Å². The minimum absolute atomic E-state index is 0.435. The standard InChI is InChI=1S/C23H25N5O4/c1-27(22(29)32-18-8-4-2-5-9-18)23(12-6-3-7-13-23)21-24-25-26-28(21)17-10-11-19-20(16-17)31-15-14-30-19/h2,4-5,8-11,16H,3,6-7,12-15H2,1H3. The van der Waals surface area contributed by atoms with E-state index in [1.807, 2.05) is 36.4 Å². The maximum atomic E-state index is 13.1. The first kappa shape index (κ1) is 20.3. The predicted molar refractivity (Wildman–Crippen MR) is 115 cm³/mol. The summed E-state index contributed by atoms with van der Waals surface area (Å²) in [6, 6.07) is 14.7. The van der Waals surface area contributed by atoms with Gasteiger partial charge in [0.05, 0.1) is 5.69 Å². The maximum Gasteiger partial charge on any atom is 0.415 e. The van der Waals surface area contributed by atoms with Crippen molar-refractivity contribution < 1.29 is 19.0 Å². The summed E-state index contributed by atoms with van der Waals surface area (Å²) in [5, 5.41) is 12.6. The fourth-order valence-corrected chi connectivity index (χ4v) is 4.49. The molecule has 0 bridgehead atoms. The smallest absolute Gasteiger partial charge is 0.415 e. The van der Waals surface area contributed by atoms with Crippen molar-refractivity contribution in [2.24, 2.45) is 0 Å². The number of hydrogen-bond acceptors (Lipinski definition) is 7. The van der Waals surface area contributed by atoms with Gasteiger partial charge in [-0.15, -0.1) is 5.10 Å². The molecule has 32 heavy (non-hydrogen) atoms. The van der Waals surface area contributed by atoms with Crippen LogP contribution in [0.2, 0.25) is 0 Å². The average molecular weight is 435 g/mol. The first-order chi connectivity index (χ1) is 15.7. The van der Waals surface area contributed by atoms with Crippen LogP contribution in [0, 0.1) is 0 Å². The predicted octanol–water partition coefficient (Wildman–Crippen LogP) is 3.72. The maximum absolute atomic E-state index is 13.1. The van der Waals surface area contributed by atoms with Gasteiger partial charge in [-0.05, 0) is 47.5 Å². The Morgan fingerprint density at radius 2 is 1.78 bits per heavy atom. The van der Waals surface area contributed by atoms with Crippen LogP contribution in [0.1, 0.15) is 37.9 Å². The van der Waals surface area contributed by atoms with Gasteiger partial charge in [0.1, 0.15) is 24.5 Å². The van der Waals surface area contributed by atoms with Gasteiger partial charge in [-0.2, -0.15) is 4.68 Å². The highest BCUT2D eigenvalue weighted by molar-refractivity contribution is 5.71. The molecule has 3 aromatic rings. The van der Waals surface area contributed by atoms with Gasteiger partial charge in [-0.3, -0.25) is 4.90 Å². The van der Waals surface area contributed by atoms with E-state index in [0.29, 0.717) is 36.3 Å². The number of aromatic nitrogens is 4. The van der Waals surface area contributed by atoms with E-state index in [-0.39, 0.29) is 0 Å². The first-order valence-electron chi connectivity index (χ1n) is 10.9. The Bertz CT molecular complexity index is 1090. The van der Waals surface area contributed by atoms with Gasteiger partial charge in [-0.1, -0.05) is 37.5 Å². The molecule has 0 radical (unpaired) electrons. The summed E-state index contributed by atoms with van der Waals surface area (Å²) in [5.74, 6) is 2.47. The molecular formula is C23H25N5O4. The van der Waals surface area contributed by atoms with Crippen LogP contribution in [0.4, 0.5) is 4.79 Å². The molecule has 1 aliphatic heterocycles. The highest BCUT2D eigenvalue weighted by Crippen LogP contribution is 2.42. The van der Waals surface area contributed by atoms with E-state index in [9.17, 15) is 4.79 Å². The molecule has 5 rings (SSSR count). The largest absolute Gasteiger partial charge is 0.486 e. The van der Waals surface area contributed by atoms with Crippen LogP contribution < -0.4 is 14.2 Å². The number of tetrazole rings is 1. The van der Waals surface area contributed by atoms with Crippen molar-refractivity contribution in [1.82, 2.24) is 25.1 Å². The Kier molecular flexibility index (Phi) is 5.38. The van der Waals surface area contributed by atoms with Crippen molar-refractivity contribution >= 4 is 6.09 Å². The summed E-state index contributed by atoms with van der Waals surface area (Å²) >= 11 is 0. The summed E-state index contributed by atoms with van der Waals surface area (Å²) in [6.45, 7) is 1.02. The lowest BCUT2D eigenvalue weighted by Gasteiger charge is -2.42. The number of benzene rings is 2. The van der Waals surface area contributed by atoms with E-state index in [1.165, 1.54) is 0 Å². The van der Waals surface area contributed by atoms with Gasteiger partial charge < -0.3 is 14.2 Å². The monoisotopic (exact) mass is 435 g/mol. The first-order valence-corrected chi connectivity index (χ1v) is 10.9. The molecule has 1 aromatic heterocycles. The fraction of sp³-hybridized carbons (Fsp3) is 0.391. The van der Waals surface area contributed by atoms with Crippen LogP contribution >= 0.6 is 0 Å². The highest BCUT2D eigenvalue weighted by atomic mass is 16.6. The molecule has 0 unspecified atom stereocenters. The molecule has 0 atom stereocenters. The van der Waals surface area contributed by atoms with E-state index in [2.05, 4.69) is 15.5 Å². The average Bonchev–Trinajstić information content (AvgIpc) is 3.35. The summed E-state index contributed by atoms with van der Waals surface area (Å²) in [4.78, 5) is 14.8. The van der Waals surface area contributed by atoms with Crippen molar-refractivity contribution in [2.75, 3.05) is 20.3 Å². The van der Waals surface area contributed by atoms with Crippen molar-refractivity contribution in [3.8, 4) is 22.9 Å². The molecule has 1 fully saturated rings. The van der Waals surface area contributed by atoms with Crippen molar-refractivity contribution in [2.45, 2.75) is 37.6 Å². The Balaban J connectivity index is 1.50. The Morgan fingerprint density at radius 1 is 1.03 bits per heavy atom. The van der Waals surface area contributed by atoms with E-state index in [1.54, 1.807) is 28.8 Å². The summed E-state index contributed by atoms with van der Waals surface area (Å²) in [7, 11) is 1.76. The van der Waals surface area contributed by atoms with E-state index in [4.69, 9.17) is 14.2 Å². The topological polar surface area (TPSA) is 91.6 Å². The Labute approximate surface area is 185 Å². The van der Waals surface area contributed by atoms with Crippen LogP contribution in [0.3, 0.4) is 0 Å². The lowest BCUT2D eigenvalue weighted by atomic mass is 9.79. The number of nitrogens with zero attached hydrogens (tertiary/aromatic N) is 5. The number of carbonyl (C=O) groups excluding carboxylic acids is 1. The summed E-state index contributed by atoms with van der Waals surface area (Å²) in [6.07, 6.45) is 4.11. The highest BCUT2D eigenvalue weighted by Gasteiger charge is 2.45. The molecule has 2 heterocycles. The second kappa shape index (κ2) is 8.49. The van der Waals surface area contributed by atoms with Gasteiger partial charge in [0.15, 0.2) is 17.3 Å². The van der Waals surface area contributed by atoms with E-state index in [0.717, 1.165) is 37.8 Å². The van der Waals surface area contributed by atoms with Crippen LogP contribution in [-0.4, -0.2) is 51.5 Å². The van der Waals surface area contributed by atoms with Crippen LogP contribution in [0.25, 0.3) is 5.69 Å². The Hall–Kier alpha value is -3.62. The molecule has 1 aliphatic carbocycles. The third-order valence-electron chi connectivity index (χ3n) is 6.20. The van der Waals surface area contributed by atoms with Crippen molar-refractivity contribution in [3.05, 3.63) is 54.4 Å². The zero-order valence-corrected chi connectivity index (χ0v) is 17.9. The summed E-state index contributed by atoms with van der Waals surface area (Å²) in [5.41, 5.74) is 0.0740. The lowest BCUT2D eigenvalue weighted by molar-refractivity contribution is 0.0622. The van der Waals surface area contributed by atoms with Crippen LogP contribution in [0.15, 0.2) is 48.5 Å². The van der Waals surface area contributed by atoms with E-state index >= 15 is 0 Å². The normalized spacial score (nSPS) is 16.9. The number of fused-ring (bicyclic) bond motifs is 1. The van der Waals surface area contributed by atoms with Gasteiger partial charge >= 0.3 is 6.09 Å². The Morgan fingerprint density at radius 3 is 2.56 bits per heavy atom. The second-order valence-corrected chi connectivity index (χ2v) is 8.07. The molecule has 2 aromatic carbocycles. The molecule has 2 aliphatic rings. The third kappa shape index (κ3) is 3.63. The number of para-hydroxylation sites is 1. The minimum Gasteiger partial charge on any atom is -0.486 e. The zero-order valence-electron chi connectivity index (χ0n) is 17.9. The fourth-order valence-electron chi connectivity index (χ4n) is 4.49. The van der Waals surface area contributed by atoms with E-state index < -0.39 is 11.6 Å². The van der Waals surface area contributed by atoms with Crippen LogP contribution in [-0.2, 0) is 5.54 Å². The summed E-state index contributed by atoms with van der Waals surface area (Å²) < 4.78 is 18.7. The minimum atomic E-state index is -0.680. The number of hydrogen-bond donors (Lipinski definition) is 0. The molecule has 166 valence electrons. The number of carbonyl (C=O) groups is 1. The van der Waals surface area contributed by atoms with Gasteiger partial charge in [-0.25, -0.2) is 4.79 Å². The quantitative estimate of drug-likeness (QED) is 0.617. The molecule has 9 nitrogen and oxygen atoms in total. The molecular weight excluding hydrogens is 410 g/mol. The molecule has 1 saturated carbocycles. The number of rotatable bonds is 4.